The molecule has 0 aliphatic carbocycles. The Hall–Kier alpha value is -2.07. The molecule has 0 saturated heterocycles. The molecule has 0 bridgehead atoms. The van der Waals surface area contributed by atoms with Gasteiger partial charge in [-0.1, -0.05) is 38.1 Å². The largest absolute Gasteiger partial charge is 0.497 e. The monoisotopic (exact) mass is 328 g/mol. The van der Waals surface area contributed by atoms with Gasteiger partial charge in [0.1, 0.15) is 5.75 Å². The van der Waals surface area contributed by atoms with Crippen LogP contribution in [0.2, 0.25) is 0 Å². The van der Waals surface area contributed by atoms with E-state index in [2.05, 4.69) is 25.2 Å². The van der Waals surface area contributed by atoms with E-state index in [1.54, 1.807) is 7.11 Å². The molecule has 0 spiro atoms. The van der Waals surface area contributed by atoms with E-state index >= 15 is 0 Å². The molecule has 4 nitrogen and oxygen atoms in total. The number of carbonyl (C=O) groups excluding carboxylic acids is 1. The predicted molar refractivity (Wildman–Crippen MR) is 99.4 cm³/mol. The third kappa shape index (κ3) is 3.70. The highest BCUT2D eigenvalue weighted by Crippen LogP contribution is 2.26. The van der Waals surface area contributed by atoms with Crippen LogP contribution in [0.3, 0.4) is 0 Å². The van der Waals surface area contributed by atoms with Gasteiger partial charge in [-0.15, -0.1) is 0 Å². The molecule has 0 radical (unpaired) electrons. The zero-order chi connectivity index (χ0) is 17.9. The van der Waals surface area contributed by atoms with Crippen LogP contribution in [0.15, 0.2) is 36.4 Å². The van der Waals surface area contributed by atoms with Crippen LogP contribution >= 0.6 is 0 Å². The first-order chi connectivity index (χ1) is 11.3. The van der Waals surface area contributed by atoms with Gasteiger partial charge in [-0.25, -0.2) is 0 Å². The summed E-state index contributed by atoms with van der Waals surface area (Å²) in [5, 5.41) is 5.32. The van der Waals surface area contributed by atoms with Crippen LogP contribution in [0.5, 0.6) is 5.75 Å². The Morgan fingerprint density at radius 1 is 1.17 bits per heavy atom. The molecule has 0 heterocycles. The molecule has 0 aromatic heterocycles. The third-order valence-corrected chi connectivity index (χ3v) is 5.07. The molecule has 2 atom stereocenters. The molecule has 2 aromatic rings. The van der Waals surface area contributed by atoms with Crippen molar-refractivity contribution < 1.29 is 9.53 Å². The average Bonchev–Trinajstić information content (AvgIpc) is 2.59. The number of rotatable bonds is 6. The second-order valence-electron chi connectivity index (χ2n) is 6.96. The SMILES string of the molecule is COc1ccc2cc(C(C)C(=O)NC(C)(CN)C(C)C)ccc2c1. The van der Waals surface area contributed by atoms with Crippen molar-refractivity contribution in [3.05, 3.63) is 42.0 Å². The summed E-state index contributed by atoms with van der Waals surface area (Å²) in [6.45, 7) is 8.48. The molecular weight excluding hydrogens is 300 g/mol. The molecular formula is C20H28N2O2. The highest BCUT2D eigenvalue weighted by Gasteiger charge is 2.30. The Morgan fingerprint density at radius 2 is 1.79 bits per heavy atom. The van der Waals surface area contributed by atoms with Crippen LogP contribution in [0.25, 0.3) is 10.8 Å². The molecule has 2 rings (SSSR count). The Labute approximate surface area is 144 Å². The first kappa shape index (κ1) is 18.3. The van der Waals surface area contributed by atoms with Gasteiger partial charge in [-0.05, 0) is 48.2 Å². The third-order valence-electron chi connectivity index (χ3n) is 5.07. The van der Waals surface area contributed by atoms with E-state index in [0.29, 0.717) is 6.54 Å². The molecule has 0 saturated carbocycles. The lowest BCUT2D eigenvalue weighted by Crippen LogP contribution is -2.55. The van der Waals surface area contributed by atoms with E-state index in [-0.39, 0.29) is 17.7 Å². The Balaban J connectivity index is 2.24. The smallest absolute Gasteiger partial charge is 0.227 e. The minimum atomic E-state index is -0.393. The predicted octanol–water partition coefficient (Wildman–Crippen LogP) is 3.44. The number of benzene rings is 2. The van der Waals surface area contributed by atoms with E-state index in [4.69, 9.17) is 10.5 Å². The van der Waals surface area contributed by atoms with Gasteiger partial charge >= 0.3 is 0 Å². The van der Waals surface area contributed by atoms with Gasteiger partial charge in [-0.3, -0.25) is 4.79 Å². The van der Waals surface area contributed by atoms with E-state index in [1.807, 2.05) is 44.2 Å². The summed E-state index contributed by atoms with van der Waals surface area (Å²) >= 11 is 0. The molecule has 2 aromatic carbocycles. The fraction of sp³-hybridized carbons (Fsp3) is 0.450. The lowest BCUT2D eigenvalue weighted by molar-refractivity contribution is -0.124. The zero-order valence-electron chi connectivity index (χ0n) is 15.2. The number of methoxy groups -OCH3 is 1. The molecule has 0 aliphatic rings. The number of carbonyl (C=O) groups is 1. The van der Waals surface area contributed by atoms with Gasteiger partial charge in [0, 0.05) is 6.54 Å². The van der Waals surface area contributed by atoms with E-state index in [9.17, 15) is 4.79 Å². The van der Waals surface area contributed by atoms with Crippen LogP contribution < -0.4 is 15.8 Å². The highest BCUT2D eigenvalue weighted by molar-refractivity contribution is 5.88. The Morgan fingerprint density at radius 3 is 2.38 bits per heavy atom. The van der Waals surface area contributed by atoms with Crippen molar-refractivity contribution in [1.82, 2.24) is 5.32 Å². The summed E-state index contributed by atoms with van der Waals surface area (Å²) in [6.07, 6.45) is 0. The van der Waals surface area contributed by atoms with Crippen LogP contribution in [0.4, 0.5) is 0 Å². The van der Waals surface area contributed by atoms with Gasteiger partial charge in [0.15, 0.2) is 0 Å². The maximum Gasteiger partial charge on any atom is 0.227 e. The summed E-state index contributed by atoms with van der Waals surface area (Å²) < 4.78 is 5.25. The fourth-order valence-corrected chi connectivity index (χ4v) is 2.61. The van der Waals surface area contributed by atoms with Crippen molar-refractivity contribution in [3.63, 3.8) is 0 Å². The minimum absolute atomic E-state index is 0.00418. The van der Waals surface area contributed by atoms with Crippen molar-refractivity contribution in [2.75, 3.05) is 13.7 Å². The van der Waals surface area contributed by atoms with Gasteiger partial charge in [0.2, 0.25) is 5.91 Å². The number of nitrogens with one attached hydrogen (secondary N) is 1. The molecule has 4 heteroatoms. The lowest BCUT2D eigenvalue weighted by Gasteiger charge is -2.34. The molecule has 0 fully saturated rings. The maximum absolute atomic E-state index is 12.7. The summed E-state index contributed by atoms with van der Waals surface area (Å²) in [4.78, 5) is 12.7. The van der Waals surface area contributed by atoms with Crippen molar-refractivity contribution in [1.29, 1.82) is 0 Å². The first-order valence-electron chi connectivity index (χ1n) is 8.40. The normalized spacial score (nSPS) is 15.1. The average molecular weight is 328 g/mol. The number of hydrogen-bond acceptors (Lipinski definition) is 3. The van der Waals surface area contributed by atoms with Gasteiger partial charge < -0.3 is 15.8 Å². The van der Waals surface area contributed by atoms with Gasteiger partial charge in [0.05, 0.1) is 18.6 Å². The summed E-state index contributed by atoms with van der Waals surface area (Å²) in [5.41, 5.74) is 6.47. The molecule has 2 unspecified atom stereocenters. The van der Waals surface area contributed by atoms with Crippen LogP contribution in [0, 0.1) is 5.92 Å². The molecule has 24 heavy (non-hydrogen) atoms. The van der Waals surface area contributed by atoms with E-state index < -0.39 is 5.54 Å². The Kier molecular flexibility index (Phi) is 5.50. The second kappa shape index (κ2) is 7.22. The first-order valence-corrected chi connectivity index (χ1v) is 8.40. The number of nitrogens with two attached hydrogens (primary N) is 1. The highest BCUT2D eigenvalue weighted by atomic mass is 16.5. The van der Waals surface area contributed by atoms with Gasteiger partial charge in [-0.2, -0.15) is 0 Å². The summed E-state index contributed by atoms with van der Waals surface area (Å²) in [7, 11) is 1.66. The Bertz CT molecular complexity index is 727. The fourth-order valence-electron chi connectivity index (χ4n) is 2.61. The number of ether oxygens (including phenoxy) is 1. The van der Waals surface area contributed by atoms with E-state index in [1.165, 1.54) is 0 Å². The quantitative estimate of drug-likeness (QED) is 0.854. The van der Waals surface area contributed by atoms with E-state index in [0.717, 1.165) is 22.1 Å². The minimum Gasteiger partial charge on any atom is -0.497 e. The maximum atomic E-state index is 12.7. The molecule has 130 valence electrons. The van der Waals surface area contributed by atoms with Crippen molar-refractivity contribution in [3.8, 4) is 5.75 Å². The van der Waals surface area contributed by atoms with Crippen molar-refractivity contribution in [2.45, 2.75) is 39.2 Å². The zero-order valence-corrected chi connectivity index (χ0v) is 15.2. The molecule has 0 aliphatic heterocycles. The van der Waals surface area contributed by atoms with Crippen molar-refractivity contribution >= 4 is 16.7 Å². The lowest BCUT2D eigenvalue weighted by atomic mass is 9.87. The number of fused-ring (bicyclic) bond motifs is 1. The van der Waals surface area contributed by atoms with Crippen LogP contribution in [-0.2, 0) is 4.79 Å². The molecule has 3 N–H and O–H groups in total. The second-order valence-corrected chi connectivity index (χ2v) is 6.96. The topological polar surface area (TPSA) is 64.3 Å². The van der Waals surface area contributed by atoms with Crippen LogP contribution in [0.1, 0.15) is 39.2 Å². The van der Waals surface area contributed by atoms with Crippen LogP contribution in [-0.4, -0.2) is 25.1 Å². The van der Waals surface area contributed by atoms with Gasteiger partial charge in [0.25, 0.3) is 0 Å². The van der Waals surface area contributed by atoms with Crippen molar-refractivity contribution in [2.24, 2.45) is 11.7 Å². The number of amides is 1. The summed E-state index contributed by atoms with van der Waals surface area (Å²) in [5.74, 6) is 0.866. The number of hydrogen-bond donors (Lipinski definition) is 2. The summed E-state index contributed by atoms with van der Waals surface area (Å²) in [6, 6.07) is 12.0. The molecule has 1 amide bonds. The standard InChI is InChI=1S/C20H28N2O2/c1-13(2)20(4,12-21)22-19(23)14(3)15-6-7-17-11-18(24-5)9-8-16(17)10-15/h6-11,13-14H,12,21H2,1-5H3,(H,22,23).